The molecule has 0 amide bonds. The Morgan fingerprint density at radius 1 is 0.552 bits per heavy atom. The van der Waals surface area contributed by atoms with Crippen molar-refractivity contribution in [2.75, 3.05) is 21.3 Å². The Morgan fingerprint density at radius 3 is 1.03 bits per heavy atom. The molecule has 29 heavy (non-hydrogen) atoms. The van der Waals surface area contributed by atoms with Gasteiger partial charge in [0.15, 0.2) is 0 Å². The third-order valence-corrected chi connectivity index (χ3v) is 5.07. The first kappa shape index (κ1) is 20.7. The number of hydrogen-bond donors (Lipinski definition) is 1. The Morgan fingerprint density at radius 2 is 0.828 bits per heavy atom. The lowest BCUT2D eigenvalue weighted by Crippen LogP contribution is -2.47. The molecule has 3 aromatic carbocycles. The number of nitrogens with one attached hydrogen (secondary N) is 1. The van der Waals surface area contributed by atoms with Crippen molar-refractivity contribution in [3.63, 3.8) is 0 Å². The van der Waals surface area contributed by atoms with Crippen molar-refractivity contribution < 1.29 is 14.2 Å². The number of methoxy groups -OCH3 is 3. The number of ether oxygens (including phenoxy) is 3. The van der Waals surface area contributed by atoms with E-state index < -0.39 is 5.54 Å². The van der Waals surface area contributed by atoms with Crippen molar-refractivity contribution in [2.45, 2.75) is 25.4 Å². The van der Waals surface area contributed by atoms with Crippen LogP contribution in [-0.4, -0.2) is 27.4 Å². The van der Waals surface area contributed by atoms with Gasteiger partial charge in [-0.15, -0.1) is 0 Å². The lowest BCUT2D eigenvalue weighted by atomic mass is 9.76. The minimum Gasteiger partial charge on any atom is -0.497 e. The third-order valence-electron chi connectivity index (χ3n) is 5.07. The summed E-state index contributed by atoms with van der Waals surface area (Å²) < 4.78 is 16.1. The zero-order chi connectivity index (χ0) is 20.9. The summed E-state index contributed by atoms with van der Waals surface area (Å²) in [6.45, 7) is 4.32. The van der Waals surface area contributed by atoms with Gasteiger partial charge in [0.2, 0.25) is 0 Å². The van der Waals surface area contributed by atoms with E-state index in [0.29, 0.717) is 0 Å². The van der Waals surface area contributed by atoms with Crippen LogP contribution in [0.4, 0.5) is 0 Å². The molecule has 0 bridgehead atoms. The molecule has 0 fully saturated rings. The predicted octanol–water partition coefficient (Wildman–Crippen LogP) is 5.00. The van der Waals surface area contributed by atoms with Crippen molar-refractivity contribution in [3.8, 4) is 17.2 Å². The van der Waals surface area contributed by atoms with Crippen molar-refractivity contribution in [1.29, 1.82) is 0 Å². The molecule has 3 rings (SSSR count). The first-order chi connectivity index (χ1) is 14.0. The normalized spacial score (nSPS) is 11.4. The highest BCUT2D eigenvalue weighted by atomic mass is 16.5. The molecule has 1 N–H and O–H groups in total. The average molecular weight is 392 g/mol. The lowest BCUT2D eigenvalue weighted by molar-refractivity contribution is 0.404. The van der Waals surface area contributed by atoms with Gasteiger partial charge in [-0.3, -0.25) is 5.32 Å². The molecule has 0 heterocycles. The molecule has 0 radical (unpaired) electrons. The number of hydrogen-bond acceptors (Lipinski definition) is 4. The summed E-state index contributed by atoms with van der Waals surface area (Å²) in [5.74, 6) is 2.49. The largest absolute Gasteiger partial charge is 0.497 e. The highest BCUT2D eigenvalue weighted by Gasteiger charge is 2.37. The van der Waals surface area contributed by atoms with Crippen LogP contribution in [0.25, 0.3) is 0 Å². The second kappa shape index (κ2) is 9.01. The van der Waals surface area contributed by atoms with Gasteiger partial charge in [-0.25, -0.2) is 0 Å². The van der Waals surface area contributed by atoms with Crippen molar-refractivity contribution in [2.24, 2.45) is 0 Å². The molecule has 0 aliphatic carbocycles. The molecule has 4 nitrogen and oxygen atoms in total. The van der Waals surface area contributed by atoms with Crippen molar-refractivity contribution in [1.82, 2.24) is 5.32 Å². The molecule has 0 atom stereocenters. The Bertz CT molecular complexity index is 785. The first-order valence-corrected chi connectivity index (χ1v) is 9.74. The third kappa shape index (κ3) is 4.22. The average Bonchev–Trinajstić information content (AvgIpc) is 2.77. The summed E-state index contributed by atoms with van der Waals surface area (Å²) in [5, 5.41) is 3.83. The van der Waals surface area contributed by atoms with Gasteiger partial charge >= 0.3 is 0 Å². The standard InChI is InChI=1S/C25H29NO3/c1-18(2)26-25(19-6-12-22(27-3)13-7-19,20-8-14-23(28-4)15-9-20)21-10-16-24(29-5)17-11-21/h6-18,26H,1-5H3. The van der Waals surface area contributed by atoms with Gasteiger partial charge < -0.3 is 14.2 Å². The van der Waals surface area contributed by atoms with E-state index in [2.05, 4.69) is 55.6 Å². The molecular formula is C25H29NO3. The summed E-state index contributed by atoms with van der Waals surface area (Å²) in [7, 11) is 5.05. The van der Waals surface area contributed by atoms with Crippen LogP contribution >= 0.6 is 0 Å². The Hall–Kier alpha value is -2.98. The van der Waals surface area contributed by atoms with Crippen LogP contribution in [0.3, 0.4) is 0 Å². The molecule has 152 valence electrons. The second-order valence-corrected chi connectivity index (χ2v) is 7.23. The monoisotopic (exact) mass is 391 g/mol. The summed E-state index contributed by atoms with van der Waals surface area (Å²) in [6, 6.07) is 24.9. The van der Waals surface area contributed by atoms with Crippen LogP contribution in [0, 0.1) is 0 Å². The molecule has 3 aromatic rings. The van der Waals surface area contributed by atoms with Gasteiger partial charge in [-0.1, -0.05) is 36.4 Å². The van der Waals surface area contributed by atoms with Gasteiger partial charge in [-0.05, 0) is 66.9 Å². The smallest absolute Gasteiger partial charge is 0.118 e. The Balaban J connectivity index is 2.26. The highest BCUT2D eigenvalue weighted by Crippen LogP contribution is 2.39. The van der Waals surface area contributed by atoms with E-state index >= 15 is 0 Å². The molecule has 0 saturated heterocycles. The van der Waals surface area contributed by atoms with Gasteiger partial charge in [-0.2, -0.15) is 0 Å². The molecule has 0 aliphatic rings. The van der Waals surface area contributed by atoms with Crippen molar-refractivity contribution in [3.05, 3.63) is 89.5 Å². The quantitative estimate of drug-likeness (QED) is 0.549. The topological polar surface area (TPSA) is 39.7 Å². The molecule has 0 saturated carbocycles. The van der Waals surface area contributed by atoms with E-state index in [0.717, 1.165) is 33.9 Å². The fraction of sp³-hybridized carbons (Fsp3) is 0.280. The summed E-state index contributed by atoms with van der Waals surface area (Å²) in [4.78, 5) is 0. The molecular weight excluding hydrogens is 362 g/mol. The zero-order valence-corrected chi connectivity index (χ0v) is 17.7. The minimum atomic E-state index is -0.543. The molecule has 0 unspecified atom stereocenters. The van der Waals surface area contributed by atoms with E-state index in [1.54, 1.807) is 21.3 Å². The Labute approximate surface area is 173 Å². The predicted molar refractivity (Wildman–Crippen MR) is 117 cm³/mol. The summed E-state index contributed by atoms with van der Waals surface area (Å²) >= 11 is 0. The number of rotatable bonds is 8. The second-order valence-electron chi connectivity index (χ2n) is 7.23. The molecule has 0 aromatic heterocycles. The highest BCUT2D eigenvalue weighted by molar-refractivity contribution is 5.52. The summed E-state index contributed by atoms with van der Waals surface area (Å²) in [6.07, 6.45) is 0. The van der Waals surface area contributed by atoms with E-state index in [1.807, 2.05) is 36.4 Å². The van der Waals surface area contributed by atoms with Gasteiger partial charge in [0.25, 0.3) is 0 Å². The van der Waals surface area contributed by atoms with E-state index in [-0.39, 0.29) is 6.04 Å². The Kier molecular flexibility index (Phi) is 6.45. The van der Waals surface area contributed by atoms with Crippen LogP contribution in [0.15, 0.2) is 72.8 Å². The van der Waals surface area contributed by atoms with Crippen LogP contribution in [-0.2, 0) is 5.54 Å². The number of benzene rings is 3. The van der Waals surface area contributed by atoms with E-state index in [9.17, 15) is 0 Å². The fourth-order valence-corrected chi connectivity index (χ4v) is 3.71. The maximum Gasteiger partial charge on any atom is 0.118 e. The van der Waals surface area contributed by atoms with Gasteiger partial charge in [0.05, 0.1) is 26.9 Å². The summed E-state index contributed by atoms with van der Waals surface area (Å²) in [5.41, 5.74) is 2.84. The van der Waals surface area contributed by atoms with Gasteiger partial charge in [0, 0.05) is 6.04 Å². The van der Waals surface area contributed by atoms with Crippen molar-refractivity contribution >= 4 is 0 Å². The maximum absolute atomic E-state index is 5.38. The van der Waals surface area contributed by atoms with E-state index in [4.69, 9.17) is 14.2 Å². The van der Waals surface area contributed by atoms with Crippen LogP contribution in [0.5, 0.6) is 17.2 Å². The van der Waals surface area contributed by atoms with Crippen LogP contribution in [0.2, 0.25) is 0 Å². The first-order valence-electron chi connectivity index (χ1n) is 9.74. The lowest BCUT2D eigenvalue weighted by Gasteiger charge is -2.39. The molecule has 4 heteroatoms. The SMILES string of the molecule is COc1ccc(C(NC(C)C)(c2ccc(OC)cc2)c2ccc(OC)cc2)cc1. The zero-order valence-electron chi connectivity index (χ0n) is 17.7. The maximum atomic E-state index is 5.38. The molecule has 0 aliphatic heterocycles. The van der Waals surface area contributed by atoms with Crippen LogP contribution < -0.4 is 19.5 Å². The van der Waals surface area contributed by atoms with Crippen LogP contribution in [0.1, 0.15) is 30.5 Å². The fourth-order valence-electron chi connectivity index (χ4n) is 3.71. The van der Waals surface area contributed by atoms with Gasteiger partial charge in [0.1, 0.15) is 17.2 Å². The minimum absolute atomic E-state index is 0.237. The van der Waals surface area contributed by atoms with E-state index in [1.165, 1.54) is 0 Å². The molecule has 0 spiro atoms.